The molecule has 0 fully saturated rings. The number of carbonyl (C=O) groups excluding carboxylic acids is 1. The summed E-state index contributed by atoms with van der Waals surface area (Å²) in [4.78, 5) is 13.2. The van der Waals surface area contributed by atoms with Crippen molar-refractivity contribution in [2.75, 3.05) is 0 Å². The van der Waals surface area contributed by atoms with Crippen molar-refractivity contribution in [2.24, 2.45) is 11.1 Å². The Labute approximate surface area is 107 Å². The second-order valence-corrected chi connectivity index (χ2v) is 6.31. The second-order valence-electron chi connectivity index (χ2n) is 5.33. The number of hydrogen-bond donors (Lipinski definition) is 2. The Balaban J connectivity index is 2.67. The van der Waals surface area contributed by atoms with E-state index in [0.717, 1.165) is 6.42 Å². The van der Waals surface area contributed by atoms with Crippen molar-refractivity contribution < 1.29 is 4.79 Å². The molecule has 1 heterocycles. The molecule has 17 heavy (non-hydrogen) atoms. The van der Waals surface area contributed by atoms with Gasteiger partial charge >= 0.3 is 0 Å². The lowest BCUT2D eigenvalue weighted by molar-refractivity contribution is -0.125. The maximum absolute atomic E-state index is 12.0. The summed E-state index contributed by atoms with van der Waals surface area (Å²) in [6.07, 6.45) is 0.878. The molecule has 0 aliphatic rings. The third-order valence-corrected chi connectivity index (χ3v) is 3.81. The Hall–Kier alpha value is -0.870. The van der Waals surface area contributed by atoms with Crippen LogP contribution in [-0.2, 0) is 4.79 Å². The minimum atomic E-state index is -0.475. The normalized spacial score (nSPS) is 15.4. The smallest absolute Gasteiger partial charge is 0.237 e. The second kappa shape index (κ2) is 5.65. The van der Waals surface area contributed by atoms with E-state index in [0.29, 0.717) is 0 Å². The Bertz CT molecular complexity index is 354. The molecule has 0 aromatic carbocycles. The Morgan fingerprint density at radius 3 is 2.59 bits per heavy atom. The lowest BCUT2D eigenvalue weighted by Gasteiger charge is -2.27. The van der Waals surface area contributed by atoms with Crippen LogP contribution in [0.4, 0.5) is 0 Å². The van der Waals surface area contributed by atoms with E-state index in [-0.39, 0.29) is 17.4 Å². The van der Waals surface area contributed by atoms with Crippen LogP contribution in [0, 0.1) is 5.41 Å². The van der Waals surface area contributed by atoms with Crippen molar-refractivity contribution in [3.63, 3.8) is 0 Å². The van der Waals surface area contributed by atoms with Crippen molar-refractivity contribution >= 4 is 17.2 Å². The Kier molecular flexibility index (Phi) is 4.71. The fraction of sp³-hybridized carbons (Fsp3) is 0.615. The van der Waals surface area contributed by atoms with Gasteiger partial charge in [0, 0.05) is 4.88 Å². The zero-order chi connectivity index (χ0) is 13.1. The third-order valence-electron chi connectivity index (χ3n) is 2.83. The molecule has 4 heteroatoms. The summed E-state index contributed by atoms with van der Waals surface area (Å²) in [7, 11) is 0. The van der Waals surface area contributed by atoms with E-state index in [9.17, 15) is 4.79 Å². The molecule has 96 valence electrons. The van der Waals surface area contributed by atoms with Gasteiger partial charge in [-0.25, -0.2) is 0 Å². The molecular formula is C13H22N2OS. The molecule has 3 nitrogen and oxygen atoms in total. The highest BCUT2D eigenvalue weighted by atomic mass is 32.1. The van der Waals surface area contributed by atoms with Gasteiger partial charge in [0.1, 0.15) is 0 Å². The van der Waals surface area contributed by atoms with Crippen LogP contribution in [0.1, 0.15) is 45.0 Å². The van der Waals surface area contributed by atoms with Gasteiger partial charge in [-0.1, -0.05) is 33.8 Å². The van der Waals surface area contributed by atoms with Gasteiger partial charge in [-0.05, 0) is 23.3 Å². The summed E-state index contributed by atoms with van der Waals surface area (Å²) >= 11 is 1.66. The molecule has 1 aromatic heterocycles. The van der Waals surface area contributed by atoms with Crippen LogP contribution in [-0.4, -0.2) is 11.9 Å². The van der Waals surface area contributed by atoms with Gasteiger partial charge in [0.25, 0.3) is 0 Å². The van der Waals surface area contributed by atoms with E-state index in [2.05, 4.69) is 12.2 Å². The van der Waals surface area contributed by atoms with Crippen molar-refractivity contribution in [1.29, 1.82) is 0 Å². The van der Waals surface area contributed by atoms with Crippen LogP contribution in [0.5, 0.6) is 0 Å². The minimum absolute atomic E-state index is 0.0715. The SMILES string of the molecule is CCC(NC(=O)[C@H](N)C(C)(C)C)c1cccs1. The van der Waals surface area contributed by atoms with Gasteiger partial charge in [-0.15, -0.1) is 11.3 Å². The number of thiophene rings is 1. The average Bonchev–Trinajstić information content (AvgIpc) is 2.76. The zero-order valence-corrected chi connectivity index (χ0v) is 11.8. The van der Waals surface area contributed by atoms with Crippen molar-refractivity contribution in [1.82, 2.24) is 5.32 Å². The van der Waals surface area contributed by atoms with Gasteiger partial charge < -0.3 is 11.1 Å². The van der Waals surface area contributed by atoms with E-state index >= 15 is 0 Å². The minimum Gasteiger partial charge on any atom is -0.347 e. The summed E-state index contributed by atoms with van der Waals surface area (Å²) < 4.78 is 0. The third kappa shape index (κ3) is 3.82. The zero-order valence-electron chi connectivity index (χ0n) is 11.0. The average molecular weight is 254 g/mol. The first-order chi connectivity index (χ1) is 7.86. The molecule has 1 aromatic rings. The fourth-order valence-electron chi connectivity index (χ4n) is 1.52. The summed E-state index contributed by atoms with van der Waals surface area (Å²) in [5.74, 6) is -0.0715. The molecule has 0 bridgehead atoms. The summed E-state index contributed by atoms with van der Waals surface area (Å²) in [5, 5.41) is 5.04. The molecule has 2 atom stereocenters. The summed E-state index contributed by atoms with van der Waals surface area (Å²) in [6.45, 7) is 7.99. The van der Waals surface area contributed by atoms with E-state index in [1.807, 2.05) is 38.3 Å². The van der Waals surface area contributed by atoms with Gasteiger partial charge in [0.2, 0.25) is 5.91 Å². The standard InChI is InChI=1S/C13H22N2OS/c1-5-9(10-7-6-8-17-10)15-12(16)11(14)13(2,3)4/h6-9,11H,5,14H2,1-4H3,(H,15,16)/t9?,11-/m0/s1. The van der Waals surface area contributed by atoms with Crippen LogP contribution < -0.4 is 11.1 Å². The van der Waals surface area contributed by atoms with Crippen molar-refractivity contribution in [3.8, 4) is 0 Å². The molecule has 0 aliphatic heterocycles. The van der Waals surface area contributed by atoms with Crippen LogP contribution in [0.3, 0.4) is 0 Å². The maximum Gasteiger partial charge on any atom is 0.237 e. The first-order valence-corrected chi connectivity index (χ1v) is 6.83. The monoisotopic (exact) mass is 254 g/mol. The molecular weight excluding hydrogens is 232 g/mol. The molecule has 0 spiro atoms. The van der Waals surface area contributed by atoms with Crippen molar-refractivity contribution in [2.45, 2.75) is 46.2 Å². The highest BCUT2D eigenvalue weighted by molar-refractivity contribution is 7.10. The van der Waals surface area contributed by atoms with Crippen LogP contribution in [0.15, 0.2) is 17.5 Å². The lowest BCUT2D eigenvalue weighted by Crippen LogP contribution is -2.49. The predicted octanol–water partition coefficient (Wildman–Crippen LogP) is 2.69. The number of carbonyl (C=O) groups is 1. The first kappa shape index (κ1) is 14.2. The number of nitrogens with two attached hydrogens (primary N) is 1. The van der Waals surface area contributed by atoms with E-state index in [4.69, 9.17) is 5.73 Å². The molecule has 0 radical (unpaired) electrons. The molecule has 1 unspecified atom stereocenters. The van der Waals surface area contributed by atoms with E-state index in [1.165, 1.54) is 4.88 Å². The van der Waals surface area contributed by atoms with Crippen LogP contribution >= 0.6 is 11.3 Å². The van der Waals surface area contributed by atoms with Crippen molar-refractivity contribution in [3.05, 3.63) is 22.4 Å². The Morgan fingerprint density at radius 1 is 1.53 bits per heavy atom. The quantitative estimate of drug-likeness (QED) is 0.868. The predicted molar refractivity (Wildman–Crippen MR) is 72.9 cm³/mol. The van der Waals surface area contributed by atoms with Gasteiger partial charge in [-0.3, -0.25) is 4.79 Å². The highest BCUT2D eigenvalue weighted by Crippen LogP contribution is 2.23. The van der Waals surface area contributed by atoms with Crippen LogP contribution in [0.25, 0.3) is 0 Å². The van der Waals surface area contributed by atoms with Gasteiger partial charge in [-0.2, -0.15) is 0 Å². The summed E-state index contributed by atoms with van der Waals surface area (Å²) in [6, 6.07) is 3.65. The highest BCUT2D eigenvalue weighted by Gasteiger charge is 2.28. The molecule has 1 amide bonds. The maximum atomic E-state index is 12.0. The Morgan fingerprint density at radius 2 is 2.18 bits per heavy atom. The molecule has 0 saturated heterocycles. The summed E-state index contributed by atoms with van der Waals surface area (Å²) in [5.41, 5.74) is 5.73. The van der Waals surface area contributed by atoms with E-state index in [1.54, 1.807) is 11.3 Å². The number of amides is 1. The topological polar surface area (TPSA) is 55.1 Å². The number of hydrogen-bond acceptors (Lipinski definition) is 3. The number of rotatable bonds is 4. The first-order valence-electron chi connectivity index (χ1n) is 5.95. The fourth-order valence-corrected chi connectivity index (χ4v) is 2.38. The molecule has 1 rings (SSSR count). The van der Waals surface area contributed by atoms with Crippen LogP contribution in [0.2, 0.25) is 0 Å². The van der Waals surface area contributed by atoms with Gasteiger partial charge in [0.05, 0.1) is 12.1 Å². The van der Waals surface area contributed by atoms with E-state index < -0.39 is 6.04 Å². The van der Waals surface area contributed by atoms with Gasteiger partial charge in [0.15, 0.2) is 0 Å². The molecule has 0 aliphatic carbocycles. The number of nitrogens with one attached hydrogen (secondary N) is 1. The molecule has 3 N–H and O–H groups in total. The lowest BCUT2D eigenvalue weighted by atomic mass is 9.87. The largest absolute Gasteiger partial charge is 0.347 e. The molecule has 0 saturated carbocycles.